The summed E-state index contributed by atoms with van der Waals surface area (Å²) < 4.78 is 52.6. The molecule has 0 spiro atoms. The molecule has 2 aromatic heterocycles. The topological polar surface area (TPSA) is 106 Å². The van der Waals surface area contributed by atoms with Gasteiger partial charge in [-0.25, -0.2) is 21.8 Å². The maximum atomic E-state index is 13.3. The standard InChI is InChI=1S/C22H19N3O4S3/c1-16-10-12-19(13-11-16)31(26,27)21-20(24-15-17-7-5-6-14-23-17)30-22(25-21)32(28,29)18-8-3-2-4-9-18/h2-14,24H,15H2,1H3. The van der Waals surface area contributed by atoms with E-state index in [1.54, 1.807) is 48.7 Å². The summed E-state index contributed by atoms with van der Waals surface area (Å²) in [5.74, 6) is 0. The Balaban J connectivity index is 1.81. The Morgan fingerprint density at radius 2 is 1.47 bits per heavy atom. The second-order valence-corrected chi connectivity index (χ2v) is 11.9. The van der Waals surface area contributed by atoms with Crippen molar-refractivity contribution in [2.45, 2.75) is 32.6 Å². The molecular formula is C22H19N3O4S3. The molecule has 0 amide bonds. The minimum absolute atomic E-state index is 0.0398. The fourth-order valence-corrected chi connectivity index (χ4v) is 7.21. The molecule has 7 nitrogen and oxygen atoms in total. The third-order valence-electron chi connectivity index (χ3n) is 4.60. The van der Waals surface area contributed by atoms with Crippen molar-refractivity contribution in [2.24, 2.45) is 0 Å². The number of sulfone groups is 2. The van der Waals surface area contributed by atoms with Gasteiger partial charge in [-0.1, -0.05) is 53.3 Å². The number of pyridine rings is 1. The number of rotatable bonds is 7. The predicted molar refractivity (Wildman–Crippen MR) is 122 cm³/mol. The summed E-state index contributed by atoms with van der Waals surface area (Å²) in [4.78, 5) is 8.40. The van der Waals surface area contributed by atoms with Gasteiger partial charge < -0.3 is 5.32 Å². The molecule has 0 saturated heterocycles. The van der Waals surface area contributed by atoms with Crippen molar-refractivity contribution in [2.75, 3.05) is 5.32 Å². The molecule has 0 radical (unpaired) electrons. The number of thiazole rings is 1. The van der Waals surface area contributed by atoms with Gasteiger partial charge in [0.15, 0.2) is 5.03 Å². The van der Waals surface area contributed by atoms with E-state index in [0.29, 0.717) is 5.69 Å². The van der Waals surface area contributed by atoms with Crippen LogP contribution in [0.1, 0.15) is 11.3 Å². The van der Waals surface area contributed by atoms with Crippen LogP contribution in [0.5, 0.6) is 0 Å². The van der Waals surface area contributed by atoms with E-state index in [2.05, 4.69) is 15.3 Å². The first-order valence-electron chi connectivity index (χ1n) is 9.55. The van der Waals surface area contributed by atoms with Crippen molar-refractivity contribution in [3.8, 4) is 0 Å². The average Bonchev–Trinajstić information content (AvgIpc) is 3.25. The van der Waals surface area contributed by atoms with E-state index >= 15 is 0 Å². The molecule has 4 aromatic rings. The van der Waals surface area contributed by atoms with Crippen LogP contribution in [0.15, 0.2) is 98.1 Å². The Morgan fingerprint density at radius 3 is 2.12 bits per heavy atom. The third kappa shape index (κ3) is 4.43. The van der Waals surface area contributed by atoms with E-state index in [9.17, 15) is 16.8 Å². The number of aryl methyl sites for hydroxylation is 1. The number of nitrogens with one attached hydrogen (secondary N) is 1. The summed E-state index contributed by atoms with van der Waals surface area (Å²) >= 11 is 0.788. The van der Waals surface area contributed by atoms with Crippen molar-refractivity contribution in [1.29, 1.82) is 0 Å². The lowest BCUT2D eigenvalue weighted by molar-refractivity contribution is 0.589. The van der Waals surface area contributed by atoms with Crippen molar-refractivity contribution in [3.05, 3.63) is 90.3 Å². The second kappa shape index (κ2) is 8.81. The Hall–Kier alpha value is -3.08. The molecule has 2 heterocycles. The minimum Gasteiger partial charge on any atom is -0.369 e. The number of benzene rings is 2. The van der Waals surface area contributed by atoms with Crippen LogP contribution in [0.25, 0.3) is 0 Å². The van der Waals surface area contributed by atoms with Gasteiger partial charge in [-0.05, 0) is 43.3 Å². The quantitative estimate of drug-likeness (QED) is 0.420. The summed E-state index contributed by atoms with van der Waals surface area (Å²) in [5, 5.41) is 2.83. The summed E-state index contributed by atoms with van der Waals surface area (Å²) in [7, 11) is -8.05. The van der Waals surface area contributed by atoms with E-state index in [1.807, 2.05) is 13.0 Å². The van der Waals surface area contributed by atoms with Gasteiger partial charge in [-0.2, -0.15) is 0 Å². The van der Waals surface area contributed by atoms with Crippen LogP contribution >= 0.6 is 11.3 Å². The molecule has 0 atom stereocenters. The van der Waals surface area contributed by atoms with Gasteiger partial charge in [0.05, 0.1) is 22.0 Å². The SMILES string of the molecule is Cc1ccc(S(=O)(=O)c2nc(S(=O)(=O)c3ccccc3)sc2NCc2ccccn2)cc1. The molecule has 0 unspecified atom stereocenters. The molecular weight excluding hydrogens is 466 g/mol. The Morgan fingerprint density at radius 1 is 0.812 bits per heavy atom. The molecule has 1 N–H and O–H groups in total. The van der Waals surface area contributed by atoms with E-state index < -0.39 is 19.7 Å². The summed E-state index contributed by atoms with van der Waals surface area (Å²) in [5.41, 5.74) is 1.58. The smallest absolute Gasteiger partial charge is 0.233 e. The van der Waals surface area contributed by atoms with Crippen molar-refractivity contribution in [1.82, 2.24) is 9.97 Å². The zero-order valence-electron chi connectivity index (χ0n) is 17.0. The number of anilines is 1. The maximum Gasteiger partial charge on any atom is 0.233 e. The van der Waals surface area contributed by atoms with Gasteiger partial charge in [-0.3, -0.25) is 4.98 Å². The molecule has 0 aliphatic rings. The molecule has 0 aliphatic heterocycles. The molecule has 32 heavy (non-hydrogen) atoms. The van der Waals surface area contributed by atoms with Crippen molar-refractivity contribution >= 4 is 36.0 Å². The molecule has 0 aliphatic carbocycles. The van der Waals surface area contributed by atoms with Gasteiger partial charge >= 0.3 is 0 Å². The predicted octanol–water partition coefficient (Wildman–Crippen LogP) is 4.12. The van der Waals surface area contributed by atoms with Crippen molar-refractivity contribution in [3.63, 3.8) is 0 Å². The lowest BCUT2D eigenvalue weighted by Crippen LogP contribution is -2.08. The summed E-state index contributed by atoms with van der Waals surface area (Å²) in [6.07, 6.45) is 1.62. The number of nitrogens with zero attached hydrogens (tertiary/aromatic N) is 2. The lowest BCUT2D eigenvalue weighted by Gasteiger charge is -2.07. The molecule has 164 valence electrons. The van der Waals surface area contributed by atoms with Crippen LogP contribution in [0, 0.1) is 6.92 Å². The first-order chi connectivity index (χ1) is 15.3. The Bertz CT molecular complexity index is 1430. The molecule has 2 aromatic carbocycles. The highest BCUT2D eigenvalue weighted by Crippen LogP contribution is 2.36. The normalized spacial score (nSPS) is 11.9. The number of hydrogen-bond acceptors (Lipinski definition) is 8. The fourth-order valence-electron chi connectivity index (χ4n) is 2.90. The second-order valence-electron chi connectivity index (χ2n) is 6.92. The van der Waals surface area contributed by atoms with Crippen LogP contribution in [0.3, 0.4) is 0 Å². The highest BCUT2D eigenvalue weighted by atomic mass is 32.2. The monoisotopic (exact) mass is 485 g/mol. The van der Waals surface area contributed by atoms with E-state index in [1.165, 1.54) is 24.3 Å². The Kier molecular flexibility index (Phi) is 6.09. The van der Waals surface area contributed by atoms with Crippen LogP contribution in [-0.2, 0) is 26.2 Å². The maximum absolute atomic E-state index is 13.3. The van der Waals surface area contributed by atoms with Gasteiger partial charge in [-0.15, -0.1) is 0 Å². The first kappa shape index (κ1) is 22.1. The largest absolute Gasteiger partial charge is 0.369 e. The van der Waals surface area contributed by atoms with Gasteiger partial charge in [0, 0.05) is 6.20 Å². The summed E-state index contributed by atoms with van der Waals surface area (Å²) in [6.45, 7) is 2.06. The fraction of sp³-hybridized carbons (Fsp3) is 0.0909. The third-order valence-corrected chi connectivity index (χ3v) is 9.59. The van der Waals surface area contributed by atoms with Crippen LogP contribution in [-0.4, -0.2) is 26.8 Å². The van der Waals surface area contributed by atoms with Gasteiger partial charge in [0.2, 0.25) is 24.0 Å². The zero-order valence-corrected chi connectivity index (χ0v) is 19.4. The van der Waals surface area contributed by atoms with E-state index in [-0.39, 0.29) is 30.7 Å². The summed E-state index contributed by atoms with van der Waals surface area (Å²) in [6, 6.07) is 19.5. The van der Waals surface area contributed by atoms with E-state index in [4.69, 9.17) is 0 Å². The van der Waals surface area contributed by atoms with E-state index in [0.717, 1.165) is 16.9 Å². The van der Waals surface area contributed by atoms with Crippen molar-refractivity contribution < 1.29 is 16.8 Å². The molecule has 10 heteroatoms. The Labute approximate surface area is 190 Å². The molecule has 4 rings (SSSR count). The highest BCUT2D eigenvalue weighted by molar-refractivity contribution is 7.94. The number of hydrogen-bond donors (Lipinski definition) is 1. The number of aromatic nitrogens is 2. The van der Waals surface area contributed by atoms with Crippen LogP contribution in [0.2, 0.25) is 0 Å². The minimum atomic E-state index is -4.06. The molecule has 0 fully saturated rings. The van der Waals surface area contributed by atoms with Crippen LogP contribution < -0.4 is 5.32 Å². The van der Waals surface area contributed by atoms with Crippen LogP contribution in [0.4, 0.5) is 5.00 Å². The molecule has 0 saturated carbocycles. The van der Waals surface area contributed by atoms with Gasteiger partial charge in [0.25, 0.3) is 0 Å². The molecule has 0 bridgehead atoms. The highest BCUT2D eigenvalue weighted by Gasteiger charge is 2.31. The average molecular weight is 486 g/mol. The van der Waals surface area contributed by atoms with Gasteiger partial charge in [0.1, 0.15) is 5.00 Å². The zero-order chi connectivity index (χ0) is 22.8. The lowest BCUT2D eigenvalue weighted by atomic mass is 10.2. The first-order valence-corrected chi connectivity index (χ1v) is 13.3.